The van der Waals surface area contributed by atoms with Crippen molar-refractivity contribution in [2.24, 2.45) is 0 Å². The smallest absolute Gasteiger partial charge is 0.294 e. The summed E-state index contributed by atoms with van der Waals surface area (Å²) in [4.78, 5) is 40.6. The largest absolute Gasteiger partial charge is 0.493 e. The van der Waals surface area contributed by atoms with E-state index in [1.165, 1.54) is 7.11 Å². The Morgan fingerprint density at radius 1 is 1.20 bits per heavy atom. The van der Waals surface area contributed by atoms with Gasteiger partial charge in [-0.25, -0.2) is 0 Å². The molecule has 2 saturated heterocycles. The molecule has 2 heterocycles. The Hall–Kier alpha value is -3.01. The number of benzene rings is 2. The number of nitrogens with zero attached hydrogens (tertiary/aromatic N) is 2. The Morgan fingerprint density at radius 2 is 1.97 bits per heavy atom. The van der Waals surface area contributed by atoms with Crippen LogP contribution in [0.2, 0.25) is 5.02 Å². The molecule has 0 aromatic heterocycles. The second-order valence-corrected chi connectivity index (χ2v) is 9.47. The molecule has 35 heavy (non-hydrogen) atoms. The zero-order chi connectivity index (χ0) is 24.9. The lowest BCUT2D eigenvalue weighted by atomic mass is 10.1. The van der Waals surface area contributed by atoms with E-state index in [0.29, 0.717) is 55.0 Å². The van der Waals surface area contributed by atoms with E-state index < -0.39 is 11.1 Å². The number of amides is 3. The van der Waals surface area contributed by atoms with Gasteiger partial charge in [-0.15, -0.1) is 0 Å². The number of ether oxygens (including phenoxy) is 3. The molecule has 0 bridgehead atoms. The second-order valence-electron chi connectivity index (χ2n) is 8.07. The lowest BCUT2D eigenvalue weighted by molar-refractivity contribution is -0.139. The van der Waals surface area contributed by atoms with E-state index in [1.807, 2.05) is 31.2 Å². The average molecular weight is 517 g/mol. The minimum atomic E-state index is -0.517. The van der Waals surface area contributed by atoms with Crippen LogP contribution in [0, 0.1) is 6.92 Å². The van der Waals surface area contributed by atoms with Gasteiger partial charge >= 0.3 is 0 Å². The molecular weight excluding hydrogens is 492 g/mol. The summed E-state index contributed by atoms with van der Waals surface area (Å²) >= 11 is 7.27. The van der Waals surface area contributed by atoms with Crippen molar-refractivity contribution in [1.29, 1.82) is 0 Å². The van der Waals surface area contributed by atoms with Gasteiger partial charge in [0.1, 0.15) is 13.2 Å². The number of aryl methyl sites for hydroxylation is 1. The van der Waals surface area contributed by atoms with Crippen LogP contribution in [-0.2, 0) is 20.9 Å². The topological polar surface area (TPSA) is 85.4 Å². The fourth-order valence-electron chi connectivity index (χ4n) is 3.76. The molecule has 2 fully saturated rings. The predicted octanol–water partition coefficient (Wildman–Crippen LogP) is 4.13. The van der Waals surface area contributed by atoms with Gasteiger partial charge in [-0.05, 0) is 48.0 Å². The average Bonchev–Trinajstić information content (AvgIpc) is 3.10. The highest BCUT2D eigenvalue weighted by atomic mass is 35.5. The van der Waals surface area contributed by atoms with Crippen LogP contribution in [-0.4, -0.2) is 66.8 Å². The summed E-state index contributed by atoms with van der Waals surface area (Å²) in [6.45, 7) is 3.81. The number of rotatable bonds is 7. The lowest BCUT2D eigenvalue weighted by Gasteiger charge is -2.28. The Kier molecular flexibility index (Phi) is 8.00. The van der Waals surface area contributed by atoms with Gasteiger partial charge in [-0.1, -0.05) is 41.4 Å². The van der Waals surface area contributed by atoms with Gasteiger partial charge in [0.15, 0.2) is 11.5 Å². The first-order chi connectivity index (χ1) is 16.9. The number of methoxy groups -OCH3 is 1. The molecule has 8 nitrogen and oxygen atoms in total. The van der Waals surface area contributed by atoms with Gasteiger partial charge in [0.25, 0.3) is 11.1 Å². The third kappa shape index (κ3) is 5.98. The highest BCUT2D eigenvalue weighted by molar-refractivity contribution is 8.18. The monoisotopic (exact) mass is 516 g/mol. The van der Waals surface area contributed by atoms with Crippen molar-refractivity contribution in [1.82, 2.24) is 9.80 Å². The SMILES string of the molecule is COc1cc(/C=C2\SC(=O)N(CC(=O)N3CCOCC3)C2=O)cc(Cl)c1OCc1cccc(C)c1. The van der Waals surface area contributed by atoms with Gasteiger partial charge < -0.3 is 19.1 Å². The molecule has 2 aliphatic rings. The Labute approximate surface area is 212 Å². The molecule has 0 spiro atoms. The standard InChI is InChI=1S/C25H25ClN2O6S/c1-16-4-3-5-17(10-16)15-34-23-19(26)11-18(12-20(23)32-2)13-21-24(30)28(25(31)35-21)14-22(29)27-6-8-33-9-7-27/h3-5,10-13H,6-9,14-15H2,1-2H3/b21-13-. The van der Waals surface area contributed by atoms with Crippen LogP contribution in [0.1, 0.15) is 16.7 Å². The minimum Gasteiger partial charge on any atom is -0.493 e. The van der Waals surface area contributed by atoms with Gasteiger partial charge in [-0.3, -0.25) is 19.3 Å². The molecule has 0 aliphatic carbocycles. The summed E-state index contributed by atoms with van der Waals surface area (Å²) in [5.41, 5.74) is 2.69. The first-order valence-corrected chi connectivity index (χ1v) is 12.2. The number of hydrogen-bond donors (Lipinski definition) is 0. The molecule has 0 atom stereocenters. The van der Waals surface area contributed by atoms with Gasteiger partial charge in [0.2, 0.25) is 5.91 Å². The Bertz CT molecular complexity index is 1180. The number of carbonyl (C=O) groups excluding carboxylic acids is 3. The number of hydrogen-bond acceptors (Lipinski definition) is 7. The first kappa shape index (κ1) is 25.1. The normalized spacial score (nSPS) is 17.3. The summed E-state index contributed by atoms with van der Waals surface area (Å²) in [5, 5.41) is -0.177. The summed E-state index contributed by atoms with van der Waals surface area (Å²) in [7, 11) is 1.50. The fraction of sp³-hybridized carbons (Fsp3) is 0.320. The number of halogens is 1. The van der Waals surface area contributed by atoms with Crippen LogP contribution >= 0.6 is 23.4 Å². The lowest BCUT2D eigenvalue weighted by Crippen LogP contribution is -2.46. The zero-order valence-electron chi connectivity index (χ0n) is 19.4. The summed E-state index contributed by atoms with van der Waals surface area (Å²) in [6.07, 6.45) is 1.56. The van der Waals surface area contributed by atoms with Gasteiger partial charge in [0.05, 0.1) is 30.3 Å². The quantitative estimate of drug-likeness (QED) is 0.511. The molecule has 2 aromatic rings. The third-order valence-corrected chi connectivity index (χ3v) is 6.73. The van der Waals surface area contributed by atoms with E-state index in [0.717, 1.165) is 27.8 Å². The number of carbonyl (C=O) groups is 3. The van der Waals surface area contributed by atoms with Crippen molar-refractivity contribution >= 4 is 46.5 Å². The Morgan fingerprint density at radius 3 is 2.69 bits per heavy atom. The van der Waals surface area contributed by atoms with Gasteiger partial charge in [0, 0.05) is 13.1 Å². The molecule has 3 amide bonds. The van der Waals surface area contributed by atoms with Crippen LogP contribution in [0.5, 0.6) is 11.5 Å². The molecule has 0 radical (unpaired) electrons. The molecule has 10 heteroatoms. The third-order valence-electron chi connectivity index (χ3n) is 5.55. The zero-order valence-corrected chi connectivity index (χ0v) is 21.0. The van der Waals surface area contributed by atoms with Crippen LogP contribution in [0.3, 0.4) is 0 Å². The number of thioether (sulfide) groups is 1. The van der Waals surface area contributed by atoms with Crippen LogP contribution < -0.4 is 9.47 Å². The molecule has 2 aliphatic heterocycles. The van der Waals surface area contributed by atoms with E-state index >= 15 is 0 Å². The van der Waals surface area contributed by atoms with Crippen molar-refractivity contribution in [2.75, 3.05) is 40.0 Å². The summed E-state index contributed by atoms with van der Waals surface area (Å²) < 4.78 is 16.6. The highest BCUT2D eigenvalue weighted by Crippen LogP contribution is 2.39. The van der Waals surface area contributed by atoms with E-state index in [4.69, 9.17) is 25.8 Å². The van der Waals surface area contributed by atoms with Crippen LogP contribution in [0.15, 0.2) is 41.3 Å². The maximum Gasteiger partial charge on any atom is 0.294 e. The molecule has 184 valence electrons. The molecule has 2 aromatic carbocycles. The minimum absolute atomic E-state index is 0.205. The van der Waals surface area contributed by atoms with Crippen molar-refractivity contribution in [3.05, 3.63) is 63.0 Å². The van der Waals surface area contributed by atoms with E-state index in [1.54, 1.807) is 23.1 Å². The summed E-state index contributed by atoms with van der Waals surface area (Å²) in [5.74, 6) is -0.0108. The summed E-state index contributed by atoms with van der Waals surface area (Å²) in [6, 6.07) is 11.3. The van der Waals surface area contributed by atoms with Crippen molar-refractivity contribution in [3.63, 3.8) is 0 Å². The van der Waals surface area contributed by atoms with Crippen LogP contribution in [0.4, 0.5) is 4.79 Å². The van der Waals surface area contributed by atoms with E-state index in [-0.39, 0.29) is 17.4 Å². The first-order valence-electron chi connectivity index (χ1n) is 11.0. The molecule has 4 rings (SSSR count). The van der Waals surface area contributed by atoms with Crippen molar-refractivity contribution in [3.8, 4) is 11.5 Å². The highest BCUT2D eigenvalue weighted by Gasteiger charge is 2.37. The molecule has 0 saturated carbocycles. The molecule has 0 unspecified atom stereocenters. The second kappa shape index (κ2) is 11.2. The van der Waals surface area contributed by atoms with Gasteiger partial charge in [-0.2, -0.15) is 0 Å². The predicted molar refractivity (Wildman–Crippen MR) is 134 cm³/mol. The maximum atomic E-state index is 12.9. The van der Waals surface area contributed by atoms with Crippen LogP contribution in [0.25, 0.3) is 6.08 Å². The fourth-order valence-corrected chi connectivity index (χ4v) is 4.87. The molecule has 0 N–H and O–H groups in total. The number of imide groups is 1. The van der Waals surface area contributed by atoms with E-state index in [9.17, 15) is 14.4 Å². The van der Waals surface area contributed by atoms with Crippen molar-refractivity contribution in [2.45, 2.75) is 13.5 Å². The maximum absolute atomic E-state index is 12.9. The van der Waals surface area contributed by atoms with Crippen molar-refractivity contribution < 1.29 is 28.6 Å². The number of morpholine rings is 1. The Balaban J connectivity index is 1.48. The van der Waals surface area contributed by atoms with E-state index in [2.05, 4.69) is 0 Å². The molecular formula is C25H25ClN2O6S.